The van der Waals surface area contributed by atoms with Gasteiger partial charge in [0, 0.05) is 21.6 Å². The van der Waals surface area contributed by atoms with E-state index in [1.807, 2.05) is 29.7 Å². The van der Waals surface area contributed by atoms with Gasteiger partial charge in [-0.15, -0.1) is 11.3 Å². The number of anilines is 1. The van der Waals surface area contributed by atoms with Crippen molar-refractivity contribution in [2.45, 2.75) is 62.4 Å². The largest absolute Gasteiger partial charge is 0.359 e. The topological polar surface area (TPSA) is 87.7 Å². The lowest BCUT2D eigenvalue weighted by Crippen LogP contribution is -2.56. The van der Waals surface area contributed by atoms with Gasteiger partial charge in [0.15, 0.2) is 0 Å². The summed E-state index contributed by atoms with van der Waals surface area (Å²) < 4.78 is 6.40. The molecular weight excluding hydrogens is 498 g/mol. The number of fused-ring (bicyclic) bond motifs is 1. The van der Waals surface area contributed by atoms with Gasteiger partial charge in [-0.25, -0.2) is 0 Å². The highest BCUT2D eigenvalue weighted by Crippen LogP contribution is 2.55. The van der Waals surface area contributed by atoms with Gasteiger partial charge in [-0.1, -0.05) is 55.1 Å². The van der Waals surface area contributed by atoms with E-state index < -0.39 is 29.6 Å². The maximum atomic E-state index is 14.0. The molecule has 6 rings (SSSR count). The summed E-state index contributed by atoms with van der Waals surface area (Å²) in [6.07, 6.45) is 8.37. The summed E-state index contributed by atoms with van der Waals surface area (Å²) in [4.78, 5) is 43.8. The van der Waals surface area contributed by atoms with E-state index in [1.165, 1.54) is 6.42 Å². The minimum atomic E-state index is -1.16. The summed E-state index contributed by atoms with van der Waals surface area (Å²) in [5.74, 6) is -2.23. The minimum absolute atomic E-state index is 0.102. The van der Waals surface area contributed by atoms with Crippen molar-refractivity contribution < 1.29 is 19.1 Å². The SMILES string of the molecule is O=C(Nc1cccc(Cl)c1)[C@@H]1[C@H]2C=C[C@]3(O2)[C@H](C(=O)NC2CCCCC2)N(Cc2cccs2)C(=O)[C@@H]13. The van der Waals surface area contributed by atoms with Gasteiger partial charge in [0.2, 0.25) is 17.7 Å². The molecule has 3 aliphatic heterocycles. The lowest BCUT2D eigenvalue weighted by atomic mass is 9.74. The number of likely N-dealkylation sites (tertiary alicyclic amines) is 1. The number of thiophene rings is 1. The third-order valence-corrected chi connectivity index (χ3v) is 8.97. The van der Waals surface area contributed by atoms with Crippen LogP contribution in [0.2, 0.25) is 5.02 Å². The predicted octanol–water partition coefficient (Wildman–Crippen LogP) is 4.14. The Morgan fingerprint density at radius 1 is 1.14 bits per heavy atom. The van der Waals surface area contributed by atoms with Crippen LogP contribution in [0.25, 0.3) is 0 Å². The molecule has 36 heavy (non-hydrogen) atoms. The number of halogens is 1. The first-order valence-electron chi connectivity index (χ1n) is 12.5. The molecule has 7 nitrogen and oxygen atoms in total. The molecule has 0 radical (unpaired) electrons. The molecule has 4 heterocycles. The van der Waals surface area contributed by atoms with Gasteiger partial charge in [-0.05, 0) is 42.5 Å². The van der Waals surface area contributed by atoms with Gasteiger partial charge >= 0.3 is 0 Å². The lowest BCUT2D eigenvalue weighted by Gasteiger charge is -2.34. The fourth-order valence-corrected chi connectivity index (χ4v) is 7.22. The van der Waals surface area contributed by atoms with Gasteiger partial charge < -0.3 is 20.3 Å². The van der Waals surface area contributed by atoms with Gasteiger partial charge in [0.25, 0.3) is 0 Å². The van der Waals surface area contributed by atoms with Crippen molar-refractivity contribution in [3.63, 3.8) is 0 Å². The average Bonchev–Trinajstić information content (AvgIpc) is 3.63. The van der Waals surface area contributed by atoms with Crippen molar-refractivity contribution in [3.8, 4) is 0 Å². The van der Waals surface area contributed by atoms with Crippen LogP contribution in [-0.4, -0.2) is 46.4 Å². The first-order chi connectivity index (χ1) is 17.5. The van der Waals surface area contributed by atoms with Crippen LogP contribution in [0.15, 0.2) is 53.9 Å². The normalized spacial score (nSPS) is 31.0. The van der Waals surface area contributed by atoms with E-state index in [9.17, 15) is 14.4 Å². The molecule has 2 saturated heterocycles. The minimum Gasteiger partial charge on any atom is -0.359 e. The molecule has 188 valence electrons. The summed E-state index contributed by atoms with van der Waals surface area (Å²) in [5.41, 5.74) is -0.602. The number of carbonyl (C=O) groups is 3. The third-order valence-electron chi connectivity index (χ3n) is 7.88. The fourth-order valence-electron chi connectivity index (χ4n) is 6.33. The molecule has 0 unspecified atom stereocenters. The van der Waals surface area contributed by atoms with Crippen LogP contribution in [0, 0.1) is 11.8 Å². The second kappa shape index (κ2) is 9.32. The number of carbonyl (C=O) groups excluding carboxylic acids is 3. The molecule has 3 fully saturated rings. The molecule has 1 aliphatic carbocycles. The van der Waals surface area contributed by atoms with Crippen molar-refractivity contribution >= 4 is 46.3 Å². The number of hydrogen-bond acceptors (Lipinski definition) is 5. The summed E-state index contributed by atoms with van der Waals surface area (Å²) in [6, 6.07) is 10.1. The number of nitrogens with one attached hydrogen (secondary N) is 2. The van der Waals surface area contributed by atoms with Crippen LogP contribution in [0.3, 0.4) is 0 Å². The molecular formula is C27H28ClN3O4S. The number of rotatable bonds is 6. The highest BCUT2D eigenvalue weighted by Gasteiger charge is 2.72. The fraction of sp³-hybridized carbons (Fsp3) is 0.444. The molecule has 2 aromatic rings. The molecule has 1 aromatic carbocycles. The number of amides is 3. The van der Waals surface area contributed by atoms with Gasteiger partial charge in [0.1, 0.15) is 11.6 Å². The van der Waals surface area contributed by atoms with E-state index in [-0.39, 0.29) is 23.8 Å². The second-order valence-electron chi connectivity index (χ2n) is 10.1. The van der Waals surface area contributed by atoms with E-state index in [0.717, 1.165) is 30.6 Å². The summed E-state index contributed by atoms with van der Waals surface area (Å²) in [6.45, 7) is 0.308. The number of nitrogens with zero attached hydrogens (tertiary/aromatic N) is 1. The molecule has 2 N–H and O–H groups in total. The Morgan fingerprint density at radius 3 is 2.72 bits per heavy atom. The maximum absolute atomic E-state index is 14.0. The first kappa shape index (κ1) is 23.7. The zero-order valence-corrected chi connectivity index (χ0v) is 21.3. The predicted molar refractivity (Wildman–Crippen MR) is 137 cm³/mol. The van der Waals surface area contributed by atoms with E-state index >= 15 is 0 Å². The van der Waals surface area contributed by atoms with Gasteiger partial charge in [0.05, 0.1) is 24.5 Å². The van der Waals surface area contributed by atoms with Crippen LogP contribution >= 0.6 is 22.9 Å². The summed E-state index contributed by atoms with van der Waals surface area (Å²) in [5, 5.41) is 8.58. The van der Waals surface area contributed by atoms with Crippen LogP contribution in [0.4, 0.5) is 5.69 Å². The van der Waals surface area contributed by atoms with Crippen molar-refractivity contribution in [3.05, 3.63) is 63.8 Å². The first-order valence-corrected chi connectivity index (χ1v) is 13.8. The number of benzene rings is 1. The average molecular weight is 526 g/mol. The van der Waals surface area contributed by atoms with E-state index in [1.54, 1.807) is 40.5 Å². The van der Waals surface area contributed by atoms with Gasteiger partial charge in [-0.2, -0.15) is 0 Å². The molecule has 5 atom stereocenters. The van der Waals surface area contributed by atoms with Crippen molar-refractivity contribution in [2.24, 2.45) is 11.8 Å². The summed E-state index contributed by atoms with van der Waals surface area (Å²) >= 11 is 7.63. The van der Waals surface area contributed by atoms with Gasteiger partial charge in [-0.3, -0.25) is 14.4 Å². The molecule has 2 bridgehead atoms. The standard InChI is InChI=1S/C27H28ClN3O4S/c28-16-6-4-9-18(14-16)30-24(32)21-20-11-12-27(35-20)22(21)26(34)31(15-19-10-5-13-36-19)23(27)25(33)29-17-7-2-1-3-8-17/h4-6,9-14,17,20-23H,1-3,7-8,15H2,(H,29,33)(H,30,32)/t20-,21-,22-,23+,27-/m1/s1. The zero-order valence-electron chi connectivity index (χ0n) is 19.7. The Bertz CT molecular complexity index is 1210. The van der Waals surface area contributed by atoms with Crippen molar-refractivity contribution in [1.29, 1.82) is 0 Å². The Kier molecular flexibility index (Phi) is 6.14. The molecule has 1 saturated carbocycles. The Balaban J connectivity index is 1.32. The number of hydrogen-bond donors (Lipinski definition) is 2. The monoisotopic (exact) mass is 525 g/mol. The highest BCUT2D eigenvalue weighted by molar-refractivity contribution is 7.09. The third kappa shape index (κ3) is 3.96. The molecule has 1 spiro atoms. The van der Waals surface area contributed by atoms with Crippen LogP contribution in [0.5, 0.6) is 0 Å². The Morgan fingerprint density at radius 2 is 1.97 bits per heavy atom. The maximum Gasteiger partial charge on any atom is 0.246 e. The molecule has 9 heteroatoms. The van der Waals surface area contributed by atoms with Crippen molar-refractivity contribution in [1.82, 2.24) is 10.2 Å². The van der Waals surface area contributed by atoms with Crippen LogP contribution in [0.1, 0.15) is 37.0 Å². The number of ether oxygens (including phenoxy) is 1. The second-order valence-corrected chi connectivity index (χ2v) is 11.6. The zero-order chi connectivity index (χ0) is 24.9. The van der Waals surface area contributed by atoms with E-state index in [4.69, 9.17) is 16.3 Å². The van der Waals surface area contributed by atoms with Crippen molar-refractivity contribution in [2.75, 3.05) is 5.32 Å². The van der Waals surface area contributed by atoms with Crippen LogP contribution in [-0.2, 0) is 25.7 Å². The van der Waals surface area contributed by atoms with E-state index in [0.29, 0.717) is 17.3 Å². The van der Waals surface area contributed by atoms with Crippen LogP contribution < -0.4 is 10.6 Å². The molecule has 3 amide bonds. The Hall–Kier alpha value is -2.68. The molecule has 1 aromatic heterocycles. The van der Waals surface area contributed by atoms with E-state index in [2.05, 4.69) is 10.6 Å². The Labute approximate surface area is 218 Å². The quantitative estimate of drug-likeness (QED) is 0.555. The summed E-state index contributed by atoms with van der Waals surface area (Å²) in [7, 11) is 0. The molecule has 4 aliphatic rings. The lowest BCUT2D eigenvalue weighted by molar-refractivity contribution is -0.142. The smallest absolute Gasteiger partial charge is 0.246 e. The highest BCUT2D eigenvalue weighted by atomic mass is 35.5.